The lowest BCUT2D eigenvalue weighted by molar-refractivity contribution is 0.0594. The van der Waals surface area contributed by atoms with Crippen molar-refractivity contribution in [2.75, 3.05) is 12.8 Å². The number of nitrogens with two attached hydrogens (primary N) is 1. The first-order valence-corrected chi connectivity index (χ1v) is 5.74. The lowest BCUT2D eigenvalue weighted by atomic mass is 9.92. The Morgan fingerprint density at radius 1 is 1.59 bits per heavy atom. The van der Waals surface area contributed by atoms with E-state index in [0.717, 1.165) is 25.7 Å². The molecule has 1 aromatic rings. The summed E-state index contributed by atoms with van der Waals surface area (Å²) in [6, 6.07) is -0.0883. The van der Waals surface area contributed by atoms with Gasteiger partial charge in [0.25, 0.3) is 0 Å². The number of esters is 1. The van der Waals surface area contributed by atoms with Crippen molar-refractivity contribution < 1.29 is 14.6 Å². The van der Waals surface area contributed by atoms with E-state index in [0.29, 0.717) is 0 Å². The van der Waals surface area contributed by atoms with E-state index in [9.17, 15) is 9.90 Å². The van der Waals surface area contributed by atoms with Gasteiger partial charge in [0.05, 0.1) is 25.6 Å². The van der Waals surface area contributed by atoms with Crippen LogP contribution in [-0.2, 0) is 4.74 Å². The predicted molar refractivity (Wildman–Crippen MR) is 61.5 cm³/mol. The lowest BCUT2D eigenvalue weighted by Gasteiger charge is -2.29. The highest BCUT2D eigenvalue weighted by molar-refractivity contribution is 5.92. The van der Waals surface area contributed by atoms with Gasteiger partial charge in [0.2, 0.25) is 0 Å². The molecule has 0 spiro atoms. The molecule has 2 rings (SSSR count). The predicted octanol–water partition coefficient (Wildman–Crippen LogP) is 0.728. The summed E-state index contributed by atoms with van der Waals surface area (Å²) in [4.78, 5) is 15.3. The van der Waals surface area contributed by atoms with Crippen molar-refractivity contribution in [3.05, 3.63) is 12.0 Å². The molecule has 17 heavy (non-hydrogen) atoms. The Labute approximate surface area is 99.4 Å². The van der Waals surface area contributed by atoms with Crippen LogP contribution in [0, 0.1) is 0 Å². The van der Waals surface area contributed by atoms with Gasteiger partial charge in [0.1, 0.15) is 5.82 Å². The van der Waals surface area contributed by atoms with Crippen molar-refractivity contribution in [1.29, 1.82) is 0 Å². The number of methoxy groups -OCH3 is 1. The van der Waals surface area contributed by atoms with Gasteiger partial charge in [-0.15, -0.1) is 0 Å². The van der Waals surface area contributed by atoms with Crippen LogP contribution in [0.1, 0.15) is 42.2 Å². The van der Waals surface area contributed by atoms with Crippen LogP contribution in [0.25, 0.3) is 0 Å². The van der Waals surface area contributed by atoms with E-state index in [-0.39, 0.29) is 17.6 Å². The van der Waals surface area contributed by atoms with E-state index < -0.39 is 12.1 Å². The molecule has 94 valence electrons. The minimum Gasteiger partial charge on any atom is -0.464 e. The van der Waals surface area contributed by atoms with Gasteiger partial charge in [0.15, 0.2) is 5.69 Å². The summed E-state index contributed by atoms with van der Waals surface area (Å²) >= 11 is 0. The summed E-state index contributed by atoms with van der Waals surface area (Å²) in [5.41, 5.74) is 5.98. The van der Waals surface area contributed by atoms with Crippen LogP contribution in [0.4, 0.5) is 5.82 Å². The fourth-order valence-electron chi connectivity index (χ4n) is 2.30. The van der Waals surface area contributed by atoms with Crippen LogP contribution in [0.3, 0.4) is 0 Å². The van der Waals surface area contributed by atoms with Crippen LogP contribution < -0.4 is 5.73 Å². The summed E-state index contributed by atoms with van der Waals surface area (Å²) in [5, 5.41) is 9.93. The molecular formula is C11H17N3O3. The van der Waals surface area contributed by atoms with Crippen molar-refractivity contribution in [3.8, 4) is 0 Å². The fourth-order valence-corrected chi connectivity index (χ4v) is 2.30. The first-order valence-electron chi connectivity index (χ1n) is 5.74. The molecule has 1 heterocycles. The van der Waals surface area contributed by atoms with Crippen molar-refractivity contribution in [3.63, 3.8) is 0 Å². The SMILES string of the molecule is COC(=O)c1ncn(C2CCCCC2O)c1N. The quantitative estimate of drug-likeness (QED) is 0.742. The van der Waals surface area contributed by atoms with Gasteiger partial charge in [-0.3, -0.25) is 0 Å². The minimum atomic E-state index is -0.549. The average Bonchev–Trinajstić information content (AvgIpc) is 2.71. The van der Waals surface area contributed by atoms with Crippen LogP contribution in [0.5, 0.6) is 0 Å². The number of hydrogen-bond acceptors (Lipinski definition) is 5. The van der Waals surface area contributed by atoms with E-state index in [1.807, 2.05) is 0 Å². The van der Waals surface area contributed by atoms with E-state index in [1.54, 1.807) is 4.57 Å². The van der Waals surface area contributed by atoms with Crippen LogP contribution >= 0.6 is 0 Å². The third-order valence-electron chi connectivity index (χ3n) is 3.26. The number of carbonyl (C=O) groups is 1. The van der Waals surface area contributed by atoms with Crippen molar-refractivity contribution in [1.82, 2.24) is 9.55 Å². The van der Waals surface area contributed by atoms with Gasteiger partial charge in [-0.2, -0.15) is 0 Å². The molecule has 2 atom stereocenters. The Bertz CT molecular complexity index is 416. The first-order chi connectivity index (χ1) is 8.15. The topological polar surface area (TPSA) is 90.4 Å². The second-order valence-corrected chi connectivity index (χ2v) is 4.30. The molecule has 0 radical (unpaired) electrons. The summed E-state index contributed by atoms with van der Waals surface area (Å²) in [6.07, 6.45) is 4.76. The average molecular weight is 239 g/mol. The Balaban J connectivity index is 2.27. The lowest BCUT2D eigenvalue weighted by Crippen LogP contribution is -2.28. The van der Waals surface area contributed by atoms with Crippen LogP contribution in [-0.4, -0.2) is 33.8 Å². The zero-order chi connectivity index (χ0) is 12.4. The first kappa shape index (κ1) is 11.9. The van der Waals surface area contributed by atoms with Gasteiger partial charge in [-0.25, -0.2) is 9.78 Å². The van der Waals surface area contributed by atoms with Crippen molar-refractivity contribution in [2.45, 2.75) is 37.8 Å². The molecule has 3 N–H and O–H groups in total. The molecule has 0 aliphatic heterocycles. The fraction of sp³-hybridized carbons (Fsp3) is 0.636. The number of nitrogen functional groups attached to an aromatic ring is 1. The molecule has 0 aromatic carbocycles. The molecule has 1 saturated carbocycles. The van der Waals surface area contributed by atoms with E-state index >= 15 is 0 Å². The Morgan fingerprint density at radius 3 is 2.94 bits per heavy atom. The van der Waals surface area contributed by atoms with Crippen LogP contribution in [0.15, 0.2) is 6.33 Å². The van der Waals surface area contributed by atoms with Gasteiger partial charge < -0.3 is 20.1 Å². The summed E-state index contributed by atoms with van der Waals surface area (Å²) < 4.78 is 6.26. The number of nitrogens with zero attached hydrogens (tertiary/aromatic N) is 2. The molecule has 1 aromatic heterocycles. The molecule has 0 saturated heterocycles. The summed E-state index contributed by atoms with van der Waals surface area (Å²) in [7, 11) is 1.29. The third-order valence-corrected chi connectivity index (χ3v) is 3.26. The maximum Gasteiger partial charge on any atom is 0.360 e. The van der Waals surface area contributed by atoms with Crippen LogP contribution in [0.2, 0.25) is 0 Å². The third kappa shape index (κ3) is 2.12. The number of rotatable bonds is 2. The molecule has 1 fully saturated rings. The molecule has 6 nitrogen and oxygen atoms in total. The molecule has 6 heteroatoms. The number of hydrogen-bond donors (Lipinski definition) is 2. The molecule has 0 amide bonds. The van der Waals surface area contributed by atoms with Gasteiger partial charge in [-0.1, -0.05) is 12.8 Å². The normalized spacial score (nSPS) is 24.6. The number of imidazole rings is 1. The number of anilines is 1. The summed E-state index contributed by atoms with van der Waals surface area (Å²) in [5.74, 6) is -0.283. The number of aliphatic hydroxyl groups excluding tert-OH is 1. The molecule has 2 unspecified atom stereocenters. The maximum absolute atomic E-state index is 11.4. The second-order valence-electron chi connectivity index (χ2n) is 4.30. The van der Waals surface area contributed by atoms with Crippen molar-refractivity contribution >= 4 is 11.8 Å². The van der Waals surface area contributed by atoms with Gasteiger partial charge in [-0.05, 0) is 12.8 Å². The molecular weight excluding hydrogens is 222 g/mol. The Hall–Kier alpha value is -1.56. The van der Waals surface area contributed by atoms with E-state index in [2.05, 4.69) is 9.72 Å². The highest BCUT2D eigenvalue weighted by atomic mass is 16.5. The smallest absolute Gasteiger partial charge is 0.360 e. The largest absolute Gasteiger partial charge is 0.464 e. The highest BCUT2D eigenvalue weighted by Crippen LogP contribution is 2.31. The van der Waals surface area contributed by atoms with Crippen molar-refractivity contribution in [2.24, 2.45) is 0 Å². The second kappa shape index (κ2) is 4.75. The molecule has 1 aliphatic carbocycles. The standard InChI is InChI=1S/C11H17N3O3/c1-17-11(16)9-10(12)14(6-13-9)7-4-2-3-5-8(7)15/h6-8,15H,2-5,12H2,1H3. The minimum absolute atomic E-state index is 0.0883. The Kier molecular flexibility index (Phi) is 3.33. The number of carbonyl (C=O) groups excluding carboxylic acids is 1. The molecule has 1 aliphatic rings. The number of aliphatic hydroxyl groups is 1. The number of ether oxygens (including phenoxy) is 1. The van der Waals surface area contributed by atoms with E-state index in [1.165, 1.54) is 13.4 Å². The molecule has 0 bridgehead atoms. The zero-order valence-electron chi connectivity index (χ0n) is 9.80. The maximum atomic E-state index is 11.4. The zero-order valence-corrected chi connectivity index (χ0v) is 9.80. The van der Waals surface area contributed by atoms with E-state index in [4.69, 9.17) is 5.73 Å². The van der Waals surface area contributed by atoms with Gasteiger partial charge in [0, 0.05) is 0 Å². The highest BCUT2D eigenvalue weighted by Gasteiger charge is 2.28. The monoisotopic (exact) mass is 239 g/mol. The van der Waals surface area contributed by atoms with Gasteiger partial charge >= 0.3 is 5.97 Å². The summed E-state index contributed by atoms with van der Waals surface area (Å²) in [6.45, 7) is 0. The number of aromatic nitrogens is 2. The Morgan fingerprint density at radius 2 is 2.29 bits per heavy atom.